The molecule has 1 N–H and O–H groups in total. The third-order valence-electron chi connectivity index (χ3n) is 5.63. The summed E-state index contributed by atoms with van der Waals surface area (Å²) in [6.07, 6.45) is 3.09. The quantitative estimate of drug-likeness (QED) is 0.731. The highest BCUT2D eigenvalue weighted by molar-refractivity contribution is 5.87. The molecule has 1 aliphatic heterocycles. The number of piperidine rings is 1. The molecule has 0 saturated carbocycles. The van der Waals surface area contributed by atoms with Crippen LogP contribution in [0.3, 0.4) is 0 Å². The molecule has 1 heterocycles. The number of carboxylic acid groups (broad SMARTS) is 2. The van der Waals surface area contributed by atoms with Crippen LogP contribution in [0.25, 0.3) is 0 Å². The lowest BCUT2D eigenvalue weighted by Gasteiger charge is -2.53. The van der Waals surface area contributed by atoms with Crippen LogP contribution >= 0.6 is 0 Å². The molecule has 0 amide bonds. The van der Waals surface area contributed by atoms with Gasteiger partial charge in [0.1, 0.15) is 5.75 Å². The fraction of sp³-hybridized carbons (Fsp3) is 0.474. The van der Waals surface area contributed by atoms with E-state index in [4.69, 9.17) is 0 Å². The SMILES string of the molecule is CC1[C@H]2Cc3ccc(O)cc3[C@]1(C)CCN2C.O=C([O-])/C=C/C(=O)[O-]. The second-order valence-corrected chi connectivity index (χ2v) is 7.02. The topological polar surface area (TPSA) is 104 Å². The van der Waals surface area contributed by atoms with E-state index in [-0.39, 0.29) is 5.41 Å². The Kier molecular flexibility index (Phi) is 5.52. The Balaban J connectivity index is 0.000000242. The van der Waals surface area contributed by atoms with Crippen LogP contribution in [-0.2, 0) is 21.4 Å². The lowest BCUT2D eigenvalue weighted by Crippen LogP contribution is -2.56. The van der Waals surface area contributed by atoms with Crippen molar-refractivity contribution in [2.75, 3.05) is 13.6 Å². The number of hydrogen-bond acceptors (Lipinski definition) is 6. The first kappa shape index (κ1) is 19.0. The third kappa shape index (κ3) is 4.02. The summed E-state index contributed by atoms with van der Waals surface area (Å²) >= 11 is 0. The van der Waals surface area contributed by atoms with E-state index >= 15 is 0 Å². The lowest BCUT2D eigenvalue weighted by atomic mass is 9.59. The molecular weight excluding hydrogens is 322 g/mol. The Bertz CT molecular complexity index is 683. The third-order valence-corrected chi connectivity index (χ3v) is 5.63. The normalized spacial score (nSPS) is 28.0. The van der Waals surface area contributed by atoms with E-state index in [2.05, 4.69) is 31.9 Å². The maximum atomic E-state index is 9.73. The molecule has 6 heteroatoms. The van der Waals surface area contributed by atoms with Crippen molar-refractivity contribution < 1.29 is 24.9 Å². The summed E-state index contributed by atoms with van der Waals surface area (Å²) in [5.74, 6) is -2.02. The van der Waals surface area contributed by atoms with Gasteiger partial charge in [0.25, 0.3) is 0 Å². The maximum Gasteiger partial charge on any atom is 0.115 e. The zero-order chi connectivity index (χ0) is 18.8. The van der Waals surface area contributed by atoms with Gasteiger partial charge in [-0.05, 0) is 73.2 Å². The summed E-state index contributed by atoms with van der Waals surface area (Å²) in [4.78, 5) is 21.3. The van der Waals surface area contributed by atoms with Crippen molar-refractivity contribution >= 4 is 11.9 Å². The number of aliphatic carboxylic acids is 2. The Hall–Kier alpha value is -2.34. The molecule has 136 valence electrons. The molecule has 1 unspecified atom stereocenters. The van der Waals surface area contributed by atoms with Crippen molar-refractivity contribution in [2.24, 2.45) is 5.92 Å². The van der Waals surface area contributed by atoms with Crippen LogP contribution < -0.4 is 10.2 Å². The molecule has 3 rings (SSSR count). The van der Waals surface area contributed by atoms with Crippen molar-refractivity contribution in [1.82, 2.24) is 4.90 Å². The number of likely N-dealkylation sites (N-methyl/N-ethyl adjacent to an activating group) is 1. The number of rotatable bonds is 2. The van der Waals surface area contributed by atoms with Crippen molar-refractivity contribution in [1.29, 1.82) is 0 Å². The number of phenolic OH excluding ortho intramolecular Hbond substituents is 1. The minimum Gasteiger partial charge on any atom is -0.545 e. The highest BCUT2D eigenvalue weighted by atomic mass is 16.4. The Morgan fingerprint density at radius 3 is 2.44 bits per heavy atom. The summed E-state index contributed by atoms with van der Waals surface area (Å²) in [6.45, 7) is 5.91. The van der Waals surface area contributed by atoms with Gasteiger partial charge in [-0.15, -0.1) is 0 Å². The Morgan fingerprint density at radius 2 is 1.88 bits per heavy atom. The fourth-order valence-electron chi connectivity index (χ4n) is 3.96. The van der Waals surface area contributed by atoms with Gasteiger partial charge in [0.15, 0.2) is 0 Å². The molecule has 0 aromatic heterocycles. The van der Waals surface area contributed by atoms with Gasteiger partial charge in [-0.2, -0.15) is 0 Å². The van der Waals surface area contributed by atoms with E-state index in [9.17, 15) is 24.9 Å². The molecule has 2 bridgehead atoms. The van der Waals surface area contributed by atoms with Crippen molar-refractivity contribution in [3.63, 3.8) is 0 Å². The zero-order valence-corrected chi connectivity index (χ0v) is 14.7. The molecule has 3 atom stereocenters. The monoisotopic (exact) mass is 345 g/mol. The largest absolute Gasteiger partial charge is 0.545 e. The standard InChI is InChI=1S/C15H21NO.C4H4O4/c1-10-14-8-11-4-5-12(17)9-13(11)15(10,2)6-7-16(14)3;5-3(6)1-2-4(7)8/h4-5,9-10,14,17H,6-8H2,1-3H3;1-2H,(H,5,6)(H,7,8)/p-2/b;2-1+/t10?,14-,15-;/m1./s1. The first-order chi connectivity index (χ1) is 11.6. The predicted molar refractivity (Wildman–Crippen MR) is 88.5 cm³/mol. The number of fused-ring (bicyclic) bond motifs is 4. The van der Waals surface area contributed by atoms with E-state index < -0.39 is 11.9 Å². The van der Waals surface area contributed by atoms with Crippen LogP contribution in [-0.4, -0.2) is 41.6 Å². The number of phenols is 1. The average Bonchev–Trinajstić information content (AvgIpc) is 2.54. The molecule has 1 aromatic carbocycles. The molecule has 2 aliphatic rings. The molecule has 25 heavy (non-hydrogen) atoms. The van der Waals surface area contributed by atoms with Crippen LogP contribution in [0.1, 0.15) is 31.4 Å². The Morgan fingerprint density at radius 1 is 1.28 bits per heavy atom. The lowest BCUT2D eigenvalue weighted by molar-refractivity contribution is -0.301. The molecule has 1 aliphatic carbocycles. The summed E-state index contributed by atoms with van der Waals surface area (Å²) in [5, 5.41) is 28.6. The number of likely N-dealkylation sites (tertiary alicyclic amines) is 1. The first-order valence-electron chi connectivity index (χ1n) is 8.28. The highest BCUT2D eigenvalue weighted by Gasteiger charge is 2.47. The summed E-state index contributed by atoms with van der Waals surface area (Å²) in [7, 11) is 2.24. The molecule has 1 fully saturated rings. The number of nitrogens with zero attached hydrogens (tertiary/aromatic N) is 1. The van der Waals surface area contributed by atoms with Gasteiger partial charge in [0.05, 0.1) is 11.9 Å². The molecule has 1 aromatic rings. The fourth-order valence-corrected chi connectivity index (χ4v) is 3.96. The van der Waals surface area contributed by atoms with Crippen molar-refractivity contribution in [3.05, 3.63) is 41.5 Å². The Labute approximate surface area is 147 Å². The van der Waals surface area contributed by atoms with Gasteiger partial charge in [0, 0.05) is 6.04 Å². The van der Waals surface area contributed by atoms with E-state index in [1.807, 2.05) is 12.1 Å². The van der Waals surface area contributed by atoms with Gasteiger partial charge in [-0.25, -0.2) is 0 Å². The maximum absolute atomic E-state index is 9.73. The summed E-state index contributed by atoms with van der Waals surface area (Å²) in [5.41, 5.74) is 3.05. The van der Waals surface area contributed by atoms with E-state index in [1.165, 1.54) is 24.1 Å². The van der Waals surface area contributed by atoms with Crippen molar-refractivity contribution in [3.8, 4) is 5.75 Å². The van der Waals surface area contributed by atoms with E-state index in [1.54, 1.807) is 0 Å². The number of benzene rings is 1. The van der Waals surface area contributed by atoms with Gasteiger partial charge < -0.3 is 29.8 Å². The van der Waals surface area contributed by atoms with Gasteiger partial charge in [-0.3, -0.25) is 0 Å². The summed E-state index contributed by atoms with van der Waals surface area (Å²) < 4.78 is 0. The average molecular weight is 345 g/mol. The van der Waals surface area contributed by atoms with Crippen molar-refractivity contribution in [2.45, 2.75) is 38.1 Å². The van der Waals surface area contributed by atoms with E-state index in [0.29, 0.717) is 29.9 Å². The number of hydrogen-bond donors (Lipinski definition) is 1. The van der Waals surface area contributed by atoms with Crippen LogP contribution in [0.4, 0.5) is 0 Å². The molecular formula is C19H23NO5-2. The molecule has 0 spiro atoms. The van der Waals surface area contributed by atoms with Crippen LogP contribution in [0.5, 0.6) is 5.75 Å². The smallest absolute Gasteiger partial charge is 0.115 e. The van der Waals surface area contributed by atoms with Gasteiger partial charge in [-0.1, -0.05) is 19.9 Å². The van der Waals surface area contributed by atoms with E-state index in [0.717, 1.165) is 6.42 Å². The van der Waals surface area contributed by atoms with Crippen LogP contribution in [0.2, 0.25) is 0 Å². The number of aromatic hydroxyl groups is 1. The molecule has 0 radical (unpaired) electrons. The predicted octanol–water partition coefficient (Wildman–Crippen LogP) is -0.411. The van der Waals surface area contributed by atoms with Crippen LogP contribution in [0.15, 0.2) is 30.4 Å². The summed E-state index contributed by atoms with van der Waals surface area (Å²) in [6, 6.07) is 6.59. The second kappa shape index (κ2) is 7.27. The molecule has 6 nitrogen and oxygen atoms in total. The first-order valence-corrected chi connectivity index (χ1v) is 8.28. The number of carboxylic acids is 2. The number of carbonyl (C=O) groups is 2. The van der Waals surface area contributed by atoms with Gasteiger partial charge >= 0.3 is 0 Å². The minimum atomic E-state index is -1.55. The highest BCUT2D eigenvalue weighted by Crippen LogP contribution is 2.48. The number of carbonyl (C=O) groups excluding carboxylic acids is 2. The molecule has 1 saturated heterocycles. The second-order valence-electron chi connectivity index (χ2n) is 7.02. The zero-order valence-electron chi connectivity index (χ0n) is 14.7. The van der Waals surface area contributed by atoms with Crippen LogP contribution in [0, 0.1) is 5.92 Å². The minimum absolute atomic E-state index is 0.240. The van der Waals surface area contributed by atoms with Gasteiger partial charge in [0.2, 0.25) is 0 Å².